The molecule has 0 fully saturated rings. The van der Waals surface area contributed by atoms with Crippen LogP contribution in [0.25, 0.3) is 0 Å². The van der Waals surface area contributed by atoms with Crippen molar-refractivity contribution < 1.29 is 9.53 Å². The molecule has 0 radical (unpaired) electrons. The van der Waals surface area contributed by atoms with E-state index in [1.54, 1.807) is 24.9 Å². The minimum atomic E-state index is -0.0867. The average molecular weight is 339 g/mol. The summed E-state index contributed by atoms with van der Waals surface area (Å²) >= 11 is 7.62. The maximum Gasteiger partial charge on any atom is 0.238 e. The van der Waals surface area contributed by atoms with Crippen LogP contribution in [0.15, 0.2) is 23.1 Å². The summed E-state index contributed by atoms with van der Waals surface area (Å²) in [6, 6.07) is 5.52. The Hall–Kier alpha value is -0.460. The highest BCUT2D eigenvalue weighted by Gasteiger charge is 2.07. The van der Waals surface area contributed by atoms with Gasteiger partial charge in [0.25, 0.3) is 0 Å². The van der Waals surface area contributed by atoms with Gasteiger partial charge in [0.1, 0.15) is 0 Å². The fourth-order valence-corrected chi connectivity index (χ4v) is 2.36. The number of benzene rings is 1. The third kappa shape index (κ3) is 7.36. The molecule has 114 valence electrons. The number of nitrogens with one attached hydrogen (secondary N) is 2. The highest BCUT2D eigenvalue weighted by atomic mass is 35.5. The molecule has 4 nitrogen and oxygen atoms in total. The van der Waals surface area contributed by atoms with Crippen molar-refractivity contribution in [2.24, 2.45) is 0 Å². The molecule has 0 aromatic heterocycles. The zero-order chi connectivity index (χ0) is 14.1. The smallest absolute Gasteiger partial charge is 0.238 e. The van der Waals surface area contributed by atoms with Gasteiger partial charge in [-0.2, -0.15) is 0 Å². The summed E-state index contributed by atoms with van der Waals surface area (Å²) < 4.78 is 4.89. The quantitative estimate of drug-likeness (QED) is 0.565. The molecule has 2 N–H and O–H groups in total. The summed E-state index contributed by atoms with van der Waals surface area (Å²) in [5, 5.41) is 6.48. The van der Waals surface area contributed by atoms with Crippen LogP contribution in [0.1, 0.15) is 6.92 Å². The van der Waals surface area contributed by atoms with Crippen molar-refractivity contribution in [1.82, 2.24) is 5.32 Å². The monoisotopic (exact) mass is 338 g/mol. The van der Waals surface area contributed by atoms with E-state index in [1.807, 2.05) is 12.1 Å². The molecule has 0 saturated carbocycles. The Balaban J connectivity index is 0.00000361. The number of hydrogen-bond donors (Lipinski definition) is 2. The molecule has 1 amide bonds. The number of hydrogen-bond acceptors (Lipinski definition) is 4. The number of thioether (sulfide) groups is 1. The lowest BCUT2D eigenvalue weighted by atomic mass is 10.3. The number of amides is 1. The molecule has 1 rings (SSSR count). The van der Waals surface area contributed by atoms with E-state index in [0.717, 1.165) is 16.3 Å². The van der Waals surface area contributed by atoms with Gasteiger partial charge in [-0.3, -0.25) is 4.79 Å². The third-order valence-electron chi connectivity index (χ3n) is 2.28. The lowest BCUT2D eigenvalue weighted by molar-refractivity contribution is -0.115. The predicted molar refractivity (Wildman–Crippen MR) is 88.5 cm³/mol. The number of carbonyl (C=O) groups is 1. The number of methoxy groups -OCH3 is 1. The van der Waals surface area contributed by atoms with Gasteiger partial charge in [-0.25, -0.2) is 0 Å². The van der Waals surface area contributed by atoms with Crippen molar-refractivity contribution >= 4 is 47.4 Å². The molecule has 0 aliphatic heterocycles. The van der Waals surface area contributed by atoms with Crippen molar-refractivity contribution in [3.8, 4) is 0 Å². The Morgan fingerprint density at radius 1 is 1.45 bits per heavy atom. The molecule has 0 heterocycles. The molecular weight excluding hydrogens is 319 g/mol. The number of anilines is 1. The normalized spacial score (nSPS) is 9.95. The summed E-state index contributed by atoms with van der Waals surface area (Å²) in [5.41, 5.74) is 0.762. The molecule has 0 aliphatic carbocycles. The SMILES string of the molecule is CCSc1ccc(Cl)cc1NC(=O)CNCCOC.Cl. The van der Waals surface area contributed by atoms with Gasteiger partial charge < -0.3 is 15.4 Å². The summed E-state index contributed by atoms with van der Waals surface area (Å²) in [6.07, 6.45) is 0. The maximum absolute atomic E-state index is 11.8. The van der Waals surface area contributed by atoms with Crippen LogP contribution in [0.2, 0.25) is 5.02 Å². The first-order valence-corrected chi connectivity index (χ1v) is 7.45. The van der Waals surface area contributed by atoms with Crippen LogP contribution in [0.4, 0.5) is 5.69 Å². The second-order valence-electron chi connectivity index (χ2n) is 3.79. The first-order chi connectivity index (χ1) is 9.17. The Kier molecular flexibility index (Phi) is 11.0. The van der Waals surface area contributed by atoms with E-state index in [2.05, 4.69) is 17.6 Å². The lowest BCUT2D eigenvalue weighted by Crippen LogP contribution is -2.30. The van der Waals surface area contributed by atoms with Gasteiger partial charge in [0, 0.05) is 23.6 Å². The van der Waals surface area contributed by atoms with Crippen molar-refractivity contribution in [3.63, 3.8) is 0 Å². The van der Waals surface area contributed by atoms with Gasteiger partial charge in [0.05, 0.1) is 18.8 Å². The highest BCUT2D eigenvalue weighted by Crippen LogP contribution is 2.29. The number of rotatable bonds is 8. The molecule has 0 atom stereocenters. The first kappa shape index (κ1) is 19.5. The summed E-state index contributed by atoms with van der Waals surface area (Å²) in [5.74, 6) is 0.854. The summed E-state index contributed by atoms with van der Waals surface area (Å²) in [7, 11) is 1.63. The maximum atomic E-state index is 11.8. The average Bonchev–Trinajstić information content (AvgIpc) is 2.38. The van der Waals surface area contributed by atoms with Crippen molar-refractivity contribution in [3.05, 3.63) is 23.2 Å². The van der Waals surface area contributed by atoms with Gasteiger partial charge >= 0.3 is 0 Å². The van der Waals surface area contributed by atoms with E-state index in [4.69, 9.17) is 16.3 Å². The molecule has 1 aromatic carbocycles. The van der Waals surface area contributed by atoms with E-state index in [-0.39, 0.29) is 24.9 Å². The number of carbonyl (C=O) groups excluding carboxylic acids is 1. The van der Waals surface area contributed by atoms with Gasteiger partial charge in [-0.05, 0) is 24.0 Å². The van der Waals surface area contributed by atoms with Gasteiger partial charge in [-0.15, -0.1) is 24.2 Å². The Bertz CT molecular complexity index is 419. The second-order valence-corrected chi connectivity index (χ2v) is 5.53. The van der Waals surface area contributed by atoms with E-state index < -0.39 is 0 Å². The Morgan fingerprint density at radius 3 is 2.85 bits per heavy atom. The molecular formula is C13H20Cl2N2O2S. The van der Waals surface area contributed by atoms with E-state index in [9.17, 15) is 4.79 Å². The zero-order valence-corrected chi connectivity index (χ0v) is 14.0. The highest BCUT2D eigenvalue weighted by molar-refractivity contribution is 7.99. The summed E-state index contributed by atoms with van der Waals surface area (Å²) in [4.78, 5) is 12.8. The van der Waals surface area contributed by atoms with Crippen LogP contribution in [-0.2, 0) is 9.53 Å². The first-order valence-electron chi connectivity index (χ1n) is 6.09. The van der Waals surface area contributed by atoms with Crippen LogP contribution in [-0.4, -0.2) is 38.5 Å². The Morgan fingerprint density at radius 2 is 2.20 bits per heavy atom. The largest absolute Gasteiger partial charge is 0.383 e. The van der Waals surface area contributed by atoms with Crippen molar-refractivity contribution in [2.75, 3.05) is 37.9 Å². The second kappa shape index (κ2) is 11.2. The summed E-state index contributed by atoms with van der Waals surface area (Å²) in [6.45, 7) is 3.56. The zero-order valence-electron chi connectivity index (χ0n) is 11.6. The van der Waals surface area contributed by atoms with Gasteiger partial charge in [0.15, 0.2) is 0 Å². The van der Waals surface area contributed by atoms with E-state index in [1.165, 1.54) is 0 Å². The number of ether oxygens (including phenoxy) is 1. The van der Waals surface area contributed by atoms with Crippen LogP contribution < -0.4 is 10.6 Å². The predicted octanol–water partition coefficient (Wildman–Crippen LogP) is 3.05. The standard InChI is InChI=1S/C13H19ClN2O2S.ClH/c1-3-19-12-5-4-10(14)8-11(12)16-13(17)9-15-6-7-18-2;/h4-5,8,15H,3,6-7,9H2,1-2H3,(H,16,17);1H. The van der Waals surface area contributed by atoms with Crippen LogP contribution in [0.5, 0.6) is 0 Å². The van der Waals surface area contributed by atoms with E-state index >= 15 is 0 Å². The van der Waals surface area contributed by atoms with Crippen LogP contribution in [0, 0.1) is 0 Å². The van der Waals surface area contributed by atoms with Gasteiger partial charge in [-0.1, -0.05) is 18.5 Å². The van der Waals surface area contributed by atoms with E-state index in [0.29, 0.717) is 18.2 Å². The van der Waals surface area contributed by atoms with Crippen molar-refractivity contribution in [2.45, 2.75) is 11.8 Å². The fourth-order valence-electron chi connectivity index (χ4n) is 1.45. The van der Waals surface area contributed by atoms with Crippen molar-refractivity contribution in [1.29, 1.82) is 0 Å². The minimum absolute atomic E-state index is 0. The molecule has 7 heteroatoms. The molecule has 20 heavy (non-hydrogen) atoms. The van der Waals surface area contributed by atoms with Crippen LogP contribution >= 0.6 is 35.8 Å². The fraction of sp³-hybridized carbons (Fsp3) is 0.462. The molecule has 1 aromatic rings. The van der Waals surface area contributed by atoms with Crippen LogP contribution in [0.3, 0.4) is 0 Å². The molecule has 0 unspecified atom stereocenters. The molecule has 0 aliphatic rings. The topological polar surface area (TPSA) is 50.4 Å². The number of halogens is 2. The molecule has 0 spiro atoms. The molecule has 0 saturated heterocycles. The lowest BCUT2D eigenvalue weighted by Gasteiger charge is -2.11. The van der Waals surface area contributed by atoms with Gasteiger partial charge in [0.2, 0.25) is 5.91 Å². The minimum Gasteiger partial charge on any atom is -0.383 e. The Labute approximate surface area is 135 Å². The third-order valence-corrected chi connectivity index (χ3v) is 3.47. The molecule has 0 bridgehead atoms.